The maximum atomic E-state index is 13.9. The Morgan fingerprint density at radius 3 is 2.47 bits per heavy atom. The van der Waals surface area contributed by atoms with Crippen molar-refractivity contribution < 1.29 is 19.1 Å². The van der Waals surface area contributed by atoms with Crippen LogP contribution in [0.2, 0.25) is 0 Å². The third kappa shape index (κ3) is 2.64. The fraction of sp³-hybridized carbons (Fsp3) is 0.185. The van der Waals surface area contributed by atoms with Gasteiger partial charge in [0.15, 0.2) is 11.5 Å². The molecule has 0 saturated carbocycles. The summed E-state index contributed by atoms with van der Waals surface area (Å²) in [7, 11) is 0. The van der Waals surface area contributed by atoms with Gasteiger partial charge in [-0.2, -0.15) is 0 Å². The second kappa shape index (κ2) is 7.12. The number of amides is 3. The number of nitrogens with zero attached hydrogens (tertiary/aromatic N) is 2. The molecule has 3 aliphatic rings. The van der Waals surface area contributed by atoms with Gasteiger partial charge in [-0.05, 0) is 29.3 Å². The zero-order valence-corrected chi connectivity index (χ0v) is 18.2. The van der Waals surface area contributed by atoms with Gasteiger partial charge in [-0.15, -0.1) is 0 Å². The first-order valence-corrected chi connectivity index (χ1v) is 11.4. The van der Waals surface area contributed by atoms with E-state index < -0.39 is 6.04 Å². The zero-order valence-electron chi connectivity index (χ0n) is 18.2. The van der Waals surface area contributed by atoms with E-state index in [1.54, 1.807) is 23.1 Å². The Morgan fingerprint density at radius 1 is 0.853 bits per heavy atom. The van der Waals surface area contributed by atoms with Crippen LogP contribution in [0.15, 0.2) is 72.8 Å². The van der Waals surface area contributed by atoms with E-state index >= 15 is 0 Å². The number of ether oxygens (including phenoxy) is 2. The first-order valence-electron chi connectivity index (χ1n) is 11.4. The molecule has 1 fully saturated rings. The molecule has 0 radical (unpaired) electrons. The number of hydrogen-bond donors (Lipinski definition) is 1. The number of carbonyl (C=O) groups excluding carboxylic acids is 2. The minimum absolute atomic E-state index is 0.224. The number of anilines is 1. The predicted octanol–water partition coefficient (Wildman–Crippen LogP) is 4.42. The van der Waals surface area contributed by atoms with Gasteiger partial charge in [0.2, 0.25) is 0 Å². The molecule has 0 aliphatic carbocycles. The van der Waals surface area contributed by atoms with Gasteiger partial charge in [0.25, 0.3) is 5.91 Å². The van der Waals surface area contributed by atoms with E-state index in [9.17, 15) is 9.59 Å². The first kappa shape index (κ1) is 19.2. The standard InChI is InChI=1S/C27H21N3O4/c31-26-21-15-19-18-8-4-5-9-20(18)28-24(19)25(16-6-2-1-3-7-16)30(21)27(32)29(26)17-10-11-22-23(14-17)34-13-12-33-22/h1-11,14,21,25,28H,12-13,15H2. The number of urea groups is 1. The average molecular weight is 451 g/mol. The van der Waals surface area contributed by atoms with Gasteiger partial charge in [0.1, 0.15) is 25.3 Å². The van der Waals surface area contributed by atoms with Crippen LogP contribution in [0.4, 0.5) is 10.5 Å². The lowest BCUT2D eigenvalue weighted by Crippen LogP contribution is -2.44. The van der Waals surface area contributed by atoms with Crippen LogP contribution in [0.3, 0.4) is 0 Å². The van der Waals surface area contributed by atoms with E-state index in [0.717, 1.165) is 27.7 Å². The number of imide groups is 1. The molecule has 7 nitrogen and oxygen atoms in total. The van der Waals surface area contributed by atoms with Gasteiger partial charge in [0, 0.05) is 29.1 Å². The summed E-state index contributed by atoms with van der Waals surface area (Å²) in [6.07, 6.45) is 0.467. The predicted molar refractivity (Wildman–Crippen MR) is 126 cm³/mol. The number of aromatic amines is 1. The summed E-state index contributed by atoms with van der Waals surface area (Å²) in [6, 6.07) is 21.9. The van der Waals surface area contributed by atoms with Crippen molar-refractivity contribution in [2.45, 2.75) is 18.5 Å². The SMILES string of the molecule is O=C1C2Cc3c([nH]c4ccccc34)C(c3ccccc3)N2C(=O)N1c1ccc2c(c1)OCCO2. The molecule has 0 spiro atoms. The summed E-state index contributed by atoms with van der Waals surface area (Å²) in [5.74, 6) is 0.944. The average Bonchev–Trinajstić information content (AvgIpc) is 3.37. The normalized spacial score (nSPS) is 21.1. The minimum Gasteiger partial charge on any atom is -0.486 e. The van der Waals surface area contributed by atoms with Gasteiger partial charge in [-0.1, -0.05) is 48.5 Å². The molecule has 168 valence electrons. The molecule has 7 heteroatoms. The molecule has 3 amide bonds. The molecule has 0 bridgehead atoms. The van der Waals surface area contributed by atoms with Crippen molar-refractivity contribution >= 4 is 28.5 Å². The molecule has 34 heavy (non-hydrogen) atoms. The Kier molecular flexibility index (Phi) is 4.03. The van der Waals surface area contributed by atoms with E-state index in [0.29, 0.717) is 36.8 Å². The lowest BCUT2D eigenvalue weighted by atomic mass is 9.89. The lowest BCUT2D eigenvalue weighted by molar-refractivity contribution is -0.120. The number of H-pyrrole nitrogens is 1. The van der Waals surface area contributed by atoms with Gasteiger partial charge in [0.05, 0.1) is 5.69 Å². The highest BCUT2D eigenvalue weighted by atomic mass is 16.6. The van der Waals surface area contributed by atoms with Crippen LogP contribution in [0.5, 0.6) is 11.5 Å². The molecule has 2 atom stereocenters. The maximum absolute atomic E-state index is 13.9. The molecule has 1 aromatic heterocycles. The fourth-order valence-electron chi connectivity index (χ4n) is 5.47. The van der Waals surface area contributed by atoms with Crippen molar-refractivity contribution in [3.63, 3.8) is 0 Å². The van der Waals surface area contributed by atoms with Crippen molar-refractivity contribution in [2.75, 3.05) is 18.1 Å². The third-order valence-electron chi connectivity index (χ3n) is 6.95. The van der Waals surface area contributed by atoms with Crippen molar-refractivity contribution in [2.24, 2.45) is 0 Å². The summed E-state index contributed by atoms with van der Waals surface area (Å²) >= 11 is 0. The van der Waals surface area contributed by atoms with Crippen LogP contribution in [0.25, 0.3) is 10.9 Å². The number of benzene rings is 3. The molecule has 2 unspecified atom stereocenters. The molecule has 3 aromatic carbocycles. The van der Waals surface area contributed by atoms with Crippen molar-refractivity contribution in [3.8, 4) is 11.5 Å². The number of rotatable bonds is 2. The van der Waals surface area contributed by atoms with E-state index in [2.05, 4.69) is 11.1 Å². The second-order valence-electron chi connectivity index (χ2n) is 8.79. The molecule has 7 rings (SSSR count). The Balaban J connectivity index is 1.37. The molecule has 3 aliphatic heterocycles. The van der Waals surface area contributed by atoms with Crippen LogP contribution in [-0.2, 0) is 11.2 Å². The Bertz CT molecular complexity index is 1460. The zero-order chi connectivity index (χ0) is 22.8. The highest BCUT2D eigenvalue weighted by Gasteiger charge is 2.53. The molecule has 1 N–H and O–H groups in total. The maximum Gasteiger partial charge on any atom is 0.332 e. The molecular formula is C27H21N3O4. The van der Waals surface area contributed by atoms with E-state index in [4.69, 9.17) is 9.47 Å². The van der Waals surface area contributed by atoms with Crippen LogP contribution in [0, 0.1) is 0 Å². The number of carbonyl (C=O) groups is 2. The molecule has 4 aromatic rings. The number of fused-ring (bicyclic) bond motifs is 5. The highest BCUT2D eigenvalue weighted by molar-refractivity contribution is 6.22. The summed E-state index contributed by atoms with van der Waals surface area (Å²) in [4.78, 5) is 34.2. The summed E-state index contributed by atoms with van der Waals surface area (Å²) in [5.41, 5.74) is 4.53. The van der Waals surface area contributed by atoms with Crippen molar-refractivity contribution in [1.29, 1.82) is 0 Å². The van der Waals surface area contributed by atoms with Crippen molar-refractivity contribution in [1.82, 2.24) is 9.88 Å². The van der Waals surface area contributed by atoms with Gasteiger partial charge >= 0.3 is 6.03 Å². The molecular weight excluding hydrogens is 430 g/mol. The number of hydrogen-bond acceptors (Lipinski definition) is 4. The number of nitrogens with one attached hydrogen (secondary N) is 1. The topological polar surface area (TPSA) is 74.9 Å². The van der Waals surface area contributed by atoms with Crippen LogP contribution in [-0.4, -0.2) is 41.1 Å². The quantitative estimate of drug-likeness (QED) is 0.458. The third-order valence-corrected chi connectivity index (χ3v) is 6.95. The number of aromatic nitrogens is 1. The van der Waals surface area contributed by atoms with E-state index in [1.807, 2.05) is 48.5 Å². The van der Waals surface area contributed by atoms with Gasteiger partial charge in [-0.3, -0.25) is 9.69 Å². The van der Waals surface area contributed by atoms with Crippen LogP contribution < -0.4 is 14.4 Å². The van der Waals surface area contributed by atoms with Crippen molar-refractivity contribution in [3.05, 3.63) is 89.6 Å². The van der Waals surface area contributed by atoms with Crippen LogP contribution in [0.1, 0.15) is 22.9 Å². The highest BCUT2D eigenvalue weighted by Crippen LogP contribution is 2.45. The summed E-state index contributed by atoms with van der Waals surface area (Å²) in [5, 5.41) is 1.09. The Hall–Kier alpha value is -4.26. The first-order chi connectivity index (χ1) is 16.7. The largest absolute Gasteiger partial charge is 0.486 e. The Morgan fingerprint density at radius 2 is 1.62 bits per heavy atom. The monoisotopic (exact) mass is 451 g/mol. The second-order valence-corrected chi connectivity index (χ2v) is 8.79. The van der Waals surface area contributed by atoms with E-state index in [1.165, 1.54) is 4.90 Å². The summed E-state index contributed by atoms with van der Waals surface area (Å²) < 4.78 is 11.3. The van der Waals surface area contributed by atoms with Gasteiger partial charge in [-0.25, -0.2) is 9.69 Å². The van der Waals surface area contributed by atoms with Gasteiger partial charge < -0.3 is 14.5 Å². The van der Waals surface area contributed by atoms with E-state index in [-0.39, 0.29) is 18.0 Å². The van der Waals surface area contributed by atoms with Crippen LogP contribution >= 0.6 is 0 Å². The molecule has 4 heterocycles. The minimum atomic E-state index is -0.586. The molecule has 1 saturated heterocycles. The smallest absolute Gasteiger partial charge is 0.332 e. The lowest BCUT2D eigenvalue weighted by Gasteiger charge is -2.36. The fourth-order valence-corrected chi connectivity index (χ4v) is 5.47. The number of para-hydroxylation sites is 1. The Labute approximate surface area is 195 Å². The summed E-state index contributed by atoms with van der Waals surface area (Å²) in [6.45, 7) is 0.916.